The number of aryl methyl sites for hydroxylation is 1. The van der Waals surface area contributed by atoms with Crippen molar-refractivity contribution in [3.05, 3.63) is 93.7 Å². The van der Waals surface area contributed by atoms with Crippen molar-refractivity contribution < 1.29 is 18.0 Å². The van der Waals surface area contributed by atoms with E-state index in [0.717, 1.165) is 17.7 Å². The van der Waals surface area contributed by atoms with Crippen molar-refractivity contribution in [1.82, 2.24) is 9.97 Å². The zero-order chi connectivity index (χ0) is 21.0. The summed E-state index contributed by atoms with van der Waals surface area (Å²) in [5, 5.41) is 0. The van der Waals surface area contributed by atoms with E-state index in [0.29, 0.717) is 12.1 Å². The molecule has 1 amide bonds. The predicted molar refractivity (Wildman–Crippen MR) is 103 cm³/mol. The summed E-state index contributed by atoms with van der Waals surface area (Å²) in [7, 11) is 0. The Kier molecular flexibility index (Phi) is 5.81. The van der Waals surface area contributed by atoms with Crippen LogP contribution in [0.15, 0.2) is 65.7 Å². The van der Waals surface area contributed by atoms with Crippen molar-refractivity contribution in [2.75, 3.05) is 11.4 Å². The molecule has 0 aliphatic carbocycles. The third-order valence-electron chi connectivity index (χ3n) is 4.39. The van der Waals surface area contributed by atoms with Crippen LogP contribution in [0.2, 0.25) is 0 Å². The Hall–Kier alpha value is -3.42. The minimum atomic E-state index is -4.54. The molecule has 0 fully saturated rings. The van der Waals surface area contributed by atoms with Gasteiger partial charge in [-0.25, -0.2) is 0 Å². The summed E-state index contributed by atoms with van der Waals surface area (Å²) in [4.78, 5) is 33.0. The number of aromatic amines is 1. The van der Waals surface area contributed by atoms with Crippen molar-refractivity contribution in [2.45, 2.75) is 19.5 Å². The first-order chi connectivity index (χ1) is 13.8. The van der Waals surface area contributed by atoms with Crippen LogP contribution in [0.5, 0.6) is 0 Å². The van der Waals surface area contributed by atoms with Crippen LogP contribution >= 0.6 is 0 Å². The van der Waals surface area contributed by atoms with Crippen LogP contribution in [0.3, 0.4) is 0 Å². The molecule has 0 spiro atoms. The van der Waals surface area contributed by atoms with Gasteiger partial charge < -0.3 is 9.88 Å². The number of amides is 1. The Morgan fingerprint density at radius 2 is 1.83 bits per heavy atom. The molecule has 0 aliphatic heterocycles. The number of halogens is 3. The van der Waals surface area contributed by atoms with Gasteiger partial charge >= 0.3 is 6.18 Å². The second kappa shape index (κ2) is 8.30. The quantitative estimate of drug-likeness (QED) is 0.703. The van der Waals surface area contributed by atoms with E-state index in [1.54, 1.807) is 37.5 Å². The lowest BCUT2D eigenvalue weighted by Gasteiger charge is -2.24. The highest BCUT2D eigenvalue weighted by atomic mass is 19.4. The molecule has 0 atom stereocenters. The van der Waals surface area contributed by atoms with Crippen LogP contribution in [0.25, 0.3) is 0 Å². The highest BCUT2D eigenvalue weighted by Crippen LogP contribution is 2.32. The van der Waals surface area contributed by atoms with Crippen LogP contribution in [0.4, 0.5) is 18.9 Å². The van der Waals surface area contributed by atoms with Gasteiger partial charge in [0.25, 0.3) is 11.5 Å². The van der Waals surface area contributed by atoms with E-state index in [4.69, 9.17) is 0 Å². The zero-order valence-corrected chi connectivity index (χ0v) is 15.5. The van der Waals surface area contributed by atoms with Gasteiger partial charge in [0.1, 0.15) is 5.56 Å². The van der Waals surface area contributed by atoms with Crippen LogP contribution in [0.1, 0.15) is 27.2 Å². The van der Waals surface area contributed by atoms with Gasteiger partial charge in [0, 0.05) is 30.3 Å². The van der Waals surface area contributed by atoms with Crippen LogP contribution in [0, 0.1) is 6.92 Å². The number of carbonyl (C=O) groups is 1. The van der Waals surface area contributed by atoms with Gasteiger partial charge in [-0.1, -0.05) is 6.07 Å². The second-order valence-electron chi connectivity index (χ2n) is 6.49. The molecule has 29 heavy (non-hydrogen) atoms. The van der Waals surface area contributed by atoms with Gasteiger partial charge in [-0.3, -0.25) is 14.6 Å². The lowest BCUT2D eigenvalue weighted by molar-refractivity contribution is -0.137. The minimum absolute atomic E-state index is 0.0684. The lowest BCUT2D eigenvalue weighted by atomic mass is 10.1. The maximum Gasteiger partial charge on any atom is 0.416 e. The topological polar surface area (TPSA) is 66.1 Å². The van der Waals surface area contributed by atoms with Crippen LogP contribution in [-0.4, -0.2) is 22.4 Å². The number of carbonyl (C=O) groups excluding carboxylic acids is 1. The fourth-order valence-electron chi connectivity index (χ4n) is 2.87. The largest absolute Gasteiger partial charge is 0.416 e. The first kappa shape index (κ1) is 20.3. The van der Waals surface area contributed by atoms with Crippen molar-refractivity contribution in [3.63, 3.8) is 0 Å². The Morgan fingerprint density at radius 3 is 2.48 bits per heavy atom. The molecule has 0 bridgehead atoms. The summed E-state index contributed by atoms with van der Waals surface area (Å²) in [6.45, 7) is 1.77. The van der Waals surface area contributed by atoms with Gasteiger partial charge in [0.15, 0.2) is 0 Å². The Morgan fingerprint density at radius 1 is 1.10 bits per heavy atom. The van der Waals surface area contributed by atoms with Gasteiger partial charge in [0.05, 0.1) is 5.56 Å². The number of pyridine rings is 2. The molecule has 1 aromatic carbocycles. The standard InChI is InChI=1S/C21H18F3N3O2/c1-14-5-6-18(19(28)26-14)20(29)27(12-9-15-7-10-25-11-8-15)17-4-2-3-16(13-17)21(22,23)24/h2-8,10-11,13H,9,12H2,1H3,(H,26,28). The molecule has 150 valence electrons. The minimum Gasteiger partial charge on any atom is -0.326 e. The molecule has 2 aromatic heterocycles. The van der Waals surface area contributed by atoms with E-state index >= 15 is 0 Å². The molecule has 0 saturated carbocycles. The lowest BCUT2D eigenvalue weighted by Crippen LogP contribution is -2.36. The molecule has 1 N–H and O–H groups in total. The van der Waals surface area contributed by atoms with E-state index in [1.807, 2.05) is 0 Å². The smallest absolute Gasteiger partial charge is 0.326 e. The molecular formula is C21H18F3N3O2. The fraction of sp³-hybridized carbons (Fsp3) is 0.190. The number of nitrogens with one attached hydrogen (secondary N) is 1. The number of hydrogen-bond donors (Lipinski definition) is 1. The predicted octanol–water partition coefficient (Wildman–Crippen LogP) is 3.99. The maximum absolute atomic E-state index is 13.1. The molecule has 8 heteroatoms. The zero-order valence-electron chi connectivity index (χ0n) is 15.5. The number of rotatable bonds is 5. The average molecular weight is 401 g/mol. The monoisotopic (exact) mass is 401 g/mol. The number of aromatic nitrogens is 2. The van der Waals surface area contributed by atoms with Gasteiger partial charge in [0.2, 0.25) is 0 Å². The average Bonchev–Trinajstić information content (AvgIpc) is 2.68. The summed E-state index contributed by atoms with van der Waals surface area (Å²) in [6.07, 6.45) is -0.974. The molecule has 0 unspecified atom stereocenters. The molecule has 0 saturated heterocycles. The van der Waals surface area contributed by atoms with Crippen molar-refractivity contribution in [2.24, 2.45) is 0 Å². The fourth-order valence-corrected chi connectivity index (χ4v) is 2.87. The Balaban J connectivity index is 1.99. The normalized spacial score (nSPS) is 11.3. The second-order valence-corrected chi connectivity index (χ2v) is 6.49. The third kappa shape index (κ3) is 4.90. The van der Waals surface area contributed by atoms with Gasteiger partial charge in [-0.05, 0) is 61.4 Å². The molecule has 2 heterocycles. The third-order valence-corrected chi connectivity index (χ3v) is 4.39. The number of anilines is 1. The van der Waals surface area contributed by atoms with E-state index in [1.165, 1.54) is 23.1 Å². The number of H-pyrrole nitrogens is 1. The van der Waals surface area contributed by atoms with Crippen LogP contribution < -0.4 is 10.5 Å². The first-order valence-corrected chi connectivity index (χ1v) is 8.83. The van der Waals surface area contributed by atoms with E-state index in [2.05, 4.69) is 9.97 Å². The number of benzene rings is 1. The van der Waals surface area contributed by atoms with Crippen molar-refractivity contribution in [1.29, 1.82) is 0 Å². The molecule has 3 aromatic rings. The first-order valence-electron chi connectivity index (χ1n) is 8.83. The molecule has 3 rings (SSSR count). The van der Waals surface area contributed by atoms with Crippen molar-refractivity contribution >= 4 is 11.6 Å². The molecule has 0 aliphatic rings. The van der Waals surface area contributed by atoms with E-state index in [-0.39, 0.29) is 17.8 Å². The Labute approximate surface area is 164 Å². The van der Waals surface area contributed by atoms with Crippen LogP contribution in [-0.2, 0) is 12.6 Å². The maximum atomic E-state index is 13.1. The van der Waals surface area contributed by atoms with E-state index in [9.17, 15) is 22.8 Å². The van der Waals surface area contributed by atoms with Gasteiger partial charge in [-0.2, -0.15) is 13.2 Å². The number of alkyl halides is 3. The summed E-state index contributed by atoms with van der Waals surface area (Å²) in [6, 6.07) is 11.0. The SMILES string of the molecule is Cc1ccc(C(=O)N(CCc2ccncc2)c2cccc(C(F)(F)F)c2)c(=O)[nH]1. The van der Waals surface area contributed by atoms with E-state index < -0.39 is 23.2 Å². The number of hydrogen-bond acceptors (Lipinski definition) is 3. The van der Waals surface area contributed by atoms with Gasteiger partial charge in [-0.15, -0.1) is 0 Å². The summed E-state index contributed by atoms with van der Waals surface area (Å²) >= 11 is 0. The molecule has 5 nitrogen and oxygen atoms in total. The molecular weight excluding hydrogens is 383 g/mol. The number of nitrogens with zero attached hydrogens (tertiary/aromatic N) is 2. The highest BCUT2D eigenvalue weighted by molar-refractivity contribution is 6.05. The van der Waals surface area contributed by atoms with Crippen molar-refractivity contribution in [3.8, 4) is 0 Å². The summed E-state index contributed by atoms with van der Waals surface area (Å²) in [5.41, 5.74) is -0.0800. The molecule has 0 radical (unpaired) electrons. The highest BCUT2D eigenvalue weighted by Gasteiger charge is 2.31. The Bertz CT molecular complexity index is 1060. The summed E-state index contributed by atoms with van der Waals surface area (Å²) in [5.74, 6) is -0.667. The summed E-state index contributed by atoms with van der Waals surface area (Å²) < 4.78 is 39.4.